The van der Waals surface area contributed by atoms with Crippen LogP contribution in [0.25, 0.3) is 0 Å². The summed E-state index contributed by atoms with van der Waals surface area (Å²) in [5.74, 6) is -3.68. The minimum Gasteiger partial charge on any atom is -0.318 e. The van der Waals surface area contributed by atoms with Crippen molar-refractivity contribution in [3.8, 4) is 0 Å². The molecule has 21 heavy (non-hydrogen) atoms. The molecule has 0 N–H and O–H groups in total. The maximum absolute atomic E-state index is 14.9. The lowest BCUT2D eigenvalue weighted by Crippen LogP contribution is -2.57. The summed E-state index contributed by atoms with van der Waals surface area (Å²) in [7, 11) is 0. The van der Waals surface area contributed by atoms with Crippen molar-refractivity contribution >= 4 is 0 Å². The van der Waals surface area contributed by atoms with Gasteiger partial charge in [-0.3, -0.25) is 0 Å². The molecule has 1 aliphatic rings. The van der Waals surface area contributed by atoms with Crippen molar-refractivity contribution in [2.45, 2.75) is 70.0 Å². The second-order valence-electron chi connectivity index (χ2n) is 6.23. The van der Waals surface area contributed by atoms with Crippen LogP contribution in [-0.4, -0.2) is 29.5 Å². The molecule has 9 heteroatoms. The van der Waals surface area contributed by atoms with Gasteiger partial charge in [0.05, 0.1) is 0 Å². The van der Waals surface area contributed by atoms with Gasteiger partial charge in [-0.1, -0.05) is 27.7 Å². The second kappa shape index (κ2) is 4.45. The van der Waals surface area contributed by atoms with Crippen LogP contribution < -0.4 is 0 Å². The molecule has 1 nitrogen and oxygen atoms in total. The Morgan fingerprint density at radius 3 is 1.48 bits per heavy atom. The summed E-state index contributed by atoms with van der Waals surface area (Å²) in [6, 6.07) is 0. The third-order valence-corrected chi connectivity index (χ3v) is 3.98. The second-order valence-corrected chi connectivity index (χ2v) is 6.23. The minimum absolute atomic E-state index is 0.933. The standard InChI is InChI=1S/C12H16F8O/c1-5-10(14)8(13,7(2,3)4)6-9(21-10,11(15,16)17)12(18,19)20/h5-6H2,1-4H3. The third kappa shape index (κ3) is 2.31. The van der Waals surface area contributed by atoms with Gasteiger partial charge in [0.25, 0.3) is 5.60 Å². The summed E-state index contributed by atoms with van der Waals surface area (Å²) < 4.78 is 111. The SMILES string of the molecule is CCC1(F)OC(C(F)(F)F)(C(F)(F)F)CC1(F)C(C)(C)C. The van der Waals surface area contributed by atoms with E-state index in [1.54, 1.807) is 0 Å². The van der Waals surface area contributed by atoms with Crippen LogP contribution in [0.5, 0.6) is 0 Å². The van der Waals surface area contributed by atoms with E-state index in [9.17, 15) is 35.1 Å². The van der Waals surface area contributed by atoms with E-state index in [1.165, 1.54) is 0 Å². The van der Waals surface area contributed by atoms with Gasteiger partial charge in [-0.25, -0.2) is 8.78 Å². The molecule has 2 atom stereocenters. The van der Waals surface area contributed by atoms with Gasteiger partial charge in [0.1, 0.15) is 0 Å². The minimum atomic E-state index is -5.99. The van der Waals surface area contributed by atoms with E-state index in [4.69, 9.17) is 0 Å². The van der Waals surface area contributed by atoms with Crippen LogP contribution in [0.1, 0.15) is 40.5 Å². The first-order chi connectivity index (χ1) is 8.97. The Balaban J connectivity index is 3.58. The van der Waals surface area contributed by atoms with E-state index in [0.29, 0.717) is 0 Å². The molecule has 1 fully saturated rings. The fourth-order valence-corrected chi connectivity index (χ4v) is 2.52. The molecule has 1 rings (SSSR count). The fraction of sp³-hybridized carbons (Fsp3) is 1.00. The monoisotopic (exact) mass is 328 g/mol. The molecule has 0 bridgehead atoms. The molecule has 0 amide bonds. The van der Waals surface area contributed by atoms with Gasteiger partial charge >= 0.3 is 12.4 Å². The predicted molar refractivity (Wildman–Crippen MR) is 58.0 cm³/mol. The quantitative estimate of drug-likeness (QED) is 0.609. The molecule has 0 spiro atoms. The van der Waals surface area contributed by atoms with Gasteiger partial charge in [-0.2, -0.15) is 26.3 Å². The first-order valence-corrected chi connectivity index (χ1v) is 6.19. The summed E-state index contributed by atoms with van der Waals surface area (Å²) >= 11 is 0. The Kier molecular flexibility index (Phi) is 3.91. The summed E-state index contributed by atoms with van der Waals surface area (Å²) in [6.45, 7) is 4.03. The lowest BCUT2D eigenvalue weighted by molar-refractivity contribution is -0.396. The lowest BCUT2D eigenvalue weighted by Gasteiger charge is -2.40. The van der Waals surface area contributed by atoms with Crippen molar-refractivity contribution in [2.24, 2.45) is 5.41 Å². The van der Waals surface area contributed by atoms with Crippen LogP contribution in [0.4, 0.5) is 35.1 Å². The number of halogens is 8. The average Bonchev–Trinajstić information content (AvgIpc) is 2.49. The highest BCUT2D eigenvalue weighted by Gasteiger charge is 2.85. The Labute approximate surface area is 116 Å². The van der Waals surface area contributed by atoms with Gasteiger partial charge in [0.15, 0.2) is 5.67 Å². The molecule has 1 aliphatic heterocycles. The molecule has 2 unspecified atom stereocenters. The molecule has 1 saturated heterocycles. The Bertz CT molecular complexity index is 393. The highest BCUT2D eigenvalue weighted by atomic mass is 19.4. The molecule has 0 aromatic heterocycles. The number of hydrogen-bond acceptors (Lipinski definition) is 1. The predicted octanol–water partition coefficient (Wildman–Crippen LogP) is 5.10. The maximum atomic E-state index is 14.9. The molecule has 0 aromatic carbocycles. The van der Waals surface area contributed by atoms with Gasteiger partial charge in [0, 0.05) is 18.3 Å². The van der Waals surface area contributed by atoms with Crippen LogP contribution >= 0.6 is 0 Å². The fourth-order valence-electron chi connectivity index (χ4n) is 2.52. The maximum Gasteiger partial charge on any atom is 0.426 e. The molecule has 0 radical (unpaired) electrons. The van der Waals surface area contributed by atoms with Gasteiger partial charge < -0.3 is 4.74 Å². The van der Waals surface area contributed by atoms with Gasteiger partial charge in [0.2, 0.25) is 5.85 Å². The summed E-state index contributed by atoms with van der Waals surface area (Å²) in [4.78, 5) is 0. The summed E-state index contributed by atoms with van der Waals surface area (Å²) in [6.07, 6.45) is -15.1. The van der Waals surface area contributed by atoms with Crippen LogP contribution in [0.15, 0.2) is 0 Å². The number of alkyl halides is 8. The van der Waals surface area contributed by atoms with Crippen molar-refractivity contribution < 1.29 is 39.9 Å². The van der Waals surface area contributed by atoms with E-state index in [-0.39, 0.29) is 0 Å². The van der Waals surface area contributed by atoms with Crippen molar-refractivity contribution in [3.05, 3.63) is 0 Å². The average molecular weight is 328 g/mol. The molecular weight excluding hydrogens is 312 g/mol. The molecule has 126 valence electrons. The van der Waals surface area contributed by atoms with Crippen molar-refractivity contribution in [1.82, 2.24) is 0 Å². The first kappa shape index (κ1) is 18.4. The van der Waals surface area contributed by atoms with Crippen LogP contribution in [0.3, 0.4) is 0 Å². The number of hydrogen-bond donors (Lipinski definition) is 0. The lowest BCUT2D eigenvalue weighted by atomic mass is 9.69. The Morgan fingerprint density at radius 2 is 1.29 bits per heavy atom. The molecular formula is C12H16F8O. The zero-order valence-electron chi connectivity index (χ0n) is 11.8. The first-order valence-electron chi connectivity index (χ1n) is 6.19. The van der Waals surface area contributed by atoms with E-state index < -0.39 is 47.7 Å². The third-order valence-electron chi connectivity index (χ3n) is 3.98. The topological polar surface area (TPSA) is 9.23 Å². The zero-order chi connectivity index (χ0) is 17.1. The van der Waals surface area contributed by atoms with Crippen LogP contribution in [0.2, 0.25) is 0 Å². The van der Waals surface area contributed by atoms with Gasteiger partial charge in [-0.15, -0.1) is 0 Å². The molecule has 1 heterocycles. The normalized spacial score (nSPS) is 34.3. The smallest absolute Gasteiger partial charge is 0.318 e. The largest absolute Gasteiger partial charge is 0.426 e. The Hall–Kier alpha value is -0.600. The highest BCUT2D eigenvalue weighted by molar-refractivity contribution is 5.17. The number of ether oxygens (including phenoxy) is 1. The van der Waals surface area contributed by atoms with Gasteiger partial charge in [-0.05, 0) is 0 Å². The summed E-state index contributed by atoms with van der Waals surface area (Å²) in [5.41, 5.74) is -10.1. The van der Waals surface area contributed by atoms with E-state index >= 15 is 0 Å². The Morgan fingerprint density at radius 1 is 0.905 bits per heavy atom. The number of rotatable bonds is 1. The van der Waals surface area contributed by atoms with Crippen molar-refractivity contribution in [1.29, 1.82) is 0 Å². The molecule has 0 aliphatic carbocycles. The van der Waals surface area contributed by atoms with Crippen molar-refractivity contribution in [2.75, 3.05) is 0 Å². The molecule has 0 aromatic rings. The van der Waals surface area contributed by atoms with E-state index in [1.807, 2.05) is 0 Å². The van der Waals surface area contributed by atoms with Crippen molar-refractivity contribution in [3.63, 3.8) is 0 Å². The zero-order valence-corrected chi connectivity index (χ0v) is 11.8. The van der Waals surface area contributed by atoms with E-state index in [0.717, 1.165) is 27.7 Å². The van der Waals surface area contributed by atoms with E-state index in [2.05, 4.69) is 4.74 Å². The summed E-state index contributed by atoms with van der Waals surface area (Å²) in [5, 5.41) is 0. The molecule has 0 saturated carbocycles. The highest BCUT2D eigenvalue weighted by Crippen LogP contribution is 2.65. The van der Waals surface area contributed by atoms with Crippen LogP contribution in [-0.2, 0) is 4.74 Å². The van der Waals surface area contributed by atoms with Crippen LogP contribution in [0, 0.1) is 5.41 Å².